The topological polar surface area (TPSA) is 0 Å². The fourth-order valence-corrected chi connectivity index (χ4v) is 1.63. The molecule has 0 saturated carbocycles. The summed E-state index contributed by atoms with van der Waals surface area (Å²) in [5, 5.41) is 2.25. The van der Waals surface area contributed by atoms with E-state index in [0.29, 0.717) is 0 Å². The van der Waals surface area contributed by atoms with E-state index < -0.39 is 0 Å². The molecule has 0 nitrogen and oxygen atoms in total. The fraction of sp³-hybridized carbons (Fsp3) is 0.400. The molecular weight excluding hydrogens is 152 g/mol. The van der Waals surface area contributed by atoms with Crippen LogP contribution >= 0.6 is 11.8 Å². The number of allylic oxidation sites excluding steroid dienone is 4. The van der Waals surface area contributed by atoms with Crippen molar-refractivity contribution in [2.75, 3.05) is 5.75 Å². The van der Waals surface area contributed by atoms with Gasteiger partial charge in [0.15, 0.2) is 0 Å². The zero-order chi connectivity index (χ0) is 7.94. The van der Waals surface area contributed by atoms with Crippen LogP contribution < -0.4 is 0 Å². The molecule has 1 aliphatic rings. The third-order valence-corrected chi connectivity index (χ3v) is 2.48. The maximum absolute atomic E-state index is 2.25. The summed E-state index contributed by atoms with van der Waals surface area (Å²) in [6.07, 6.45) is 11.1. The summed E-state index contributed by atoms with van der Waals surface area (Å²) in [6.45, 7) is 2.18. The Morgan fingerprint density at radius 3 is 2.91 bits per heavy atom. The van der Waals surface area contributed by atoms with Gasteiger partial charge in [-0.15, -0.1) is 11.8 Å². The van der Waals surface area contributed by atoms with E-state index in [1.807, 2.05) is 11.8 Å². The third-order valence-electron chi connectivity index (χ3n) is 1.52. The highest BCUT2D eigenvalue weighted by atomic mass is 32.2. The average Bonchev–Trinajstić information content (AvgIpc) is 2.03. The first-order valence-electron chi connectivity index (χ1n) is 3.97. The first-order chi connectivity index (χ1) is 5.39. The lowest BCUT2D eigenvalue weighted by atomic mass is 10.2. The molecule has 0 N–H and O–H groups in total. The molecule has 0 fully saturated rings. The third kappa shape index (κ3) is 4.10. The second-order valence-electron chi connectivity index (χ2n) is 2.68. The van der Waals surface area contributed by atoms with Gasteiger partial charge in [0.25, 0.3) is 0 Å². The van der Waals surface area contributed by atoms with Gasteiger partial charge in [0.05, 0.1) is 0 Å². The van der Waals surface area contributed by atoms with Crippen molar-refractivity contribution in [1.82, 2.24) is 0 Å². The molecule has 0 aliphatic carbocycles. The lowest BCUT2D eigenvalue weighted by Crippen LogP contribution is -1.75. The Bertz CT molecular complexity index is 187. The molecule has 0 spiro atoms. The van der Waals surface area contributed by atoms with Gasteiger partial charge in [0.2, 0.25) is 0 Å². The van der Waals surface area contributed by atoms with Crippen molar-refractivity contribution >= 4 is 11.8 Å². The van der Waals surface area contributed by atoms with E-state index in [4.69, 9.17) is 0 Å². The molecule has 0 aromatic carbocycles. The molecule has 1 rings (SSSR count). The molecule has 0 bridgehead atoms. The Balaban J connectivity index is 2.50. The zero-order valence-corrected chi connectivity index (χ0v) is 7.73. The van der Waals surface area contributed by atoms with Gasteiger partial charge in [-0.25, -0.2) is 0 Å². The van der Waals surface area contributed by atoms with Gasteiger partial charge in [-0.3, -0.25) is 0 Å². The molecule has 0 aromatic rings. The van der Waals surface area contributed by atoms with Crippen molar-refractivity contribution in [3.05, 3.63) is 35.3 Å². The lowest BCUT2D eigenvalue weighted by molar-refractivity contribution is 1.20. The monoisotopic (exact) mass is 166 g/mol. The van der Waals surface area contributed by atoms with E-state index in [9.17, 15) is 0 Å². The normalized spacial score (nSPS) is 30.1. The zero-order valence-electron chi connectivity index (χ0n) is 6.92. The molecule has 0 unspecified atom stereocenters. The SMILES string of the molecule is C/C1=C/SC/C=C\C/C=C\C1. The van der Waals surface area contributed by atoms with Gasteiger partial charge in [0, 0.05) is 5.75 Å². The van der Waals surface area contributed by atoms with Crippen LogP contribution in [0.3, 0.4) is 0 Å². The molecule has 0 aromatic heterocycles. The standard InChI is InChI=1S/C10H14S/c1-10-7-5-3-2-4-6-8-11-9-10/h3-6,9H,2,7-8H2,1H3/b5-3-,6-4-,10-9-. The highest BCUT2D eigenvalue weighted by molar-refractivity contribution is 8.02. The second kappa shape index (κ2) is 5.25. The summed E-state index contributed by atoms with van der Waals surface area (Å²) < 4.78 is 0. The van der Waals surface area contributed by atoms with Crippen LogP contribution in [0.25, 0.3) is 0 Å². The fourth-order valence-electron chi connectivity index (χ4n) is 0.902. The highest BCUT2D eigenvalue weighted by Gasteiger charge is 1.86. The summed E-state index contributed by atoms with van der Waals surface area (Å²) in [6, 6.07) is 0. The Morgan fingerprint density at radius 2 is 2.00 bits per heavy atom. The van der Waals surface area contributed by atoms with Crippen LogP contribution in [-0.2, 0) is 0 Å². The van der Waals surface area contributed by atoms with Crippen molar-refractivity contribution in [2.45, 2.75) is 19.8 Å². The maximum atomic E-state index is 2.25. The van der Waals surface area contributed by atoms with Crippen LogP contribution in [0.15, 0.2) is 35.3 Å². The van der Waals surface area contributed by atoms with Crippen molar-refractivity contribution < 1.29 is 0 Å². The average molecular weight is 166 g/mol. The van der Waals surface area contributed by atoms with Crippen LogP contribution in [0.1, 0.15) is 19.8 Å². The Morgan fingerprint density at radius 1 is 1.18 bits per heavy atom. The molecule has 1 aliphatic heterocycles. The number of hydrogen-bond donors (Lipinski definition) is 0. The van der Waals surface area contributed by atoms with E-state index in [2.05, 4.69) is 36.6 Å². The summed E-state index contributed by atoms with van der Waals surface area (Å²) >= 11 is 1.88. The first kappa shape index (κ1) is 8.66. The lowest BCUT2D eigenvalue weighted by Gasteiger charge is -1.96. The first-order valence-corrected chi connectivity index (χ1v) is 5.02. The molecule has 0 radical (unpaired) electrons. The number of rotatable bonds is 0. The molecule has 1 heterocycles. The van der Waals surface area contributed by atoms with E-state index in [1.54, 1.807) is 0 Å². The molecule has 0 saturated heterocycles. The minimum Gasteiger partial charge on any atom is -0.130 e. The minimum absolute atomic E-state index is 1.09. The summed E-state index contributed by atoms with van der Waals surface area (Å²) in [5.41, 5.74) is 1.46. The second-order valence-corrected chi connectivity index (χ2v) is 3.58. The summed E-state index contributed by atoms with van der Waals surface area (Å²) in [7, 11) is 0. The predicted octanol–water partition coefficient (Wildman–Crippen LogP) is 3.53. The van der Waals surface area contributed by atoms with Crippen LogP contribution in [0.4, 0.5) is 0 Å². The maximum Gasteiger partial charge on any atom is 0.0155 e. The largest absolute Gasteiger partial charge is 0.130 e. The Kier molecular flexibility index (Phi) is 4.14. The predicted molar refractivity (Wildman–Crippen MR) is 53.7 cm³/mol. The summed E-state index contributed by atoms with van der Waals surface area (Å²) in [4.78, 5) is 0. The molecular formula is C10H14S. The highest BCUT2D eigenvalue weighted by Crippen LogP contribution is 2.12. The van der Waals surface area contributed by atoms with Gasteiger partial charge in [-0.2, -0.15) is 0 Å². The van der Waals surface area contributed by atoms with Gasteiger partial charge in [-0.05, 0) is 25.2 Å². The van der Waals surface area contributed by atoms with E-state index in [1.165, 1.54) is 5.57 Å². The van der Waals surface area contributed by atoms with Gasteiger partial charge >= 0.3 is 0 Å². The van der Waals surface area contributed by atoms with Gasteiger partial charge < -0.3 is 0 Å². The minimum atomic E-state index is 1.09. The van der Waals surface area contributed by atoms with Gasteiger partial charge in [-0.1, -0.05) is 29.9 Å². The Hall–Kier alpha value is -0.430. The van der Waals surface area contributed by atoms with Crippen LogP contribution in [-0.4, -0.2) is 5.75 Å². The van der Waals surface area contributed by atoms with Crippen molar-refractivity contribution in [2.24, 2.45) is 0 Å². The van der Waals surface area contributed by atoms with Gasteiger partial charge in [0.1, 0.15) is 0 Å². The molecule has 11 heavy (non-hydrogen) atoms. The van der Waals surface area contributed by atoms with E-state index in [-0.39, 0.29) is 0 Å². The molecule has 1 heteroatoms. The van der Waals surface area contributed by atoms with Crippen LogP contribution in [0.2, 0.25) is 0 Å². The molecule has 0 amide bonds. The number of thioether (sulfide) groups is 1. The van der Waals surface area contributed by atoms with Crippen LogP contribution in [0.5, 0.6) is 0 Å². The molecule has 60 valence electrons. The smallest absolute Gasteiger partial charge is 0.0155 e. The number of hydrogen-bond acceptors (Lipinski definition) is 1. The Labute approximate surface area is 73.1 Å². The quantitative estimate of drug-likeness (QED) is 0.496. The van der Waals surface area contributed by atoms with E-state index in [0.717, 1.165) is 18.6 Å². The van der Waals surface area contributed by atoms with Crippen LogP contribution in [0, 0.1) is 0 Å². The summed E-state index contributed by atoms with van der Waals surface area (Å²) in [5.74, 6) is 1.12. The van der Waals surface area contributed by atoms with Crippen molar-refractivity contribution in [1.29, 1.82) is 0 Å². The molecule has 0 atom stereocenters. The van der Waals surface area contributed by atoms with Crippen molar-refractivity contribution in [3.63, 3.8) is 0 Å². The van der Waals surface area contributed by atoms with Crippen molar-refractivity contribution in [3.8, 4) is 0 Å². The van der Waals surface area contributed by atoms with E-state index >= 15 is 0 Å².